The molecule has 0 aliphatic carbocycles. The van der Waals surface area contributed by atoms with Crippen molar-refractivity contribution < 1.29 is 9.50 Å². The van der Waals surface area contributed by atoms with Crippen LogP contribution in [0.5, 0.6) is 0 Å². The van der Waals surface area contributed by atoms with Gasteiger partial charge in [-0.1, -0.05) is 13.0 Å². The maximum Gasteiger partial charge on any atom is 0.137 e. The molecule has 0 radical (unpaired) electrons. The molecule has 0 saturated heterocycles. The number of rotatable bonds is 5. The van der Waals surface area contributed by atoms with Crippen molar-refractivity contribution >= 4 is 15.9 Å². The maximum absolute atomic E-state index is 13.1. The summed E-state index contributed by atoms with van der Waals surface area (Å²) in [6.07, 6.45) is 0.362. The van der Waals surface area contributed by atoms with E-state index in [-0.39, 0.29) is 5.82 Å². The highest BCUT2D eigenvalue weighted by Gasteiger charge is 2.09. The average Bonchev–Trinajstić information content (AvgIpc) is 2.22. The van der Waals surface area contributed by atoms with Gasteiger partial charge in [0.1, 0.15) is 5.82 Å². The van der Waals surface area contributed by atoms with E-state index in [1.807, 2.05) is 0 Å². The zero-order valence-corrected chi connectivity index (χ0v) is 10.2. The first kappa shape index (κ1) is 12.6. The highest BCUT2D eigenvalue weighted by atomic mass is 79.9. The van der Waals surface area contributed by atoms with Gasteiger partial charge in [0.15, 0.2) is 0 Å². The molecule has 1 rings (SSSR count). The van der Waals surface area contributed by atoms with Crippen molar-refractivity contribution in [1.82, 2.24) is 5.32 Å². The molecule has 0 fully saturated rings. The summed E-state index contributed by atoms with van der Waals surface area (Å²) in [5.41, 5.74) is 0.597. The van der Waals surface area contributed by atoms with E-state index in [9.17, 15) is 9.50 Å². The Morgan fingerprint density at radius 3 is 2.87 bits per heavy atom. The molecular formula is C11H15BrFNO. The van der Waals surface area contributed by atoms with E-state index in [0.29, 0.717) is 16.6 Å². The van der Waals surface area contributed by atoms with Gasteiger partial charge in [-0.3, -0.25) is 0 Å². The van der Waals surface area contributed by atoms with Crippen molar-refractivity contribution in [2.75, 3.05) is 13.1 Å². The third kappa shape index (κ3) is 3.89. The zero-order valence-electron chi connectivity index (χ0n) is 8.63. The maximum atomic E-state index is 13.1. The van der Waals surface area contributed by atoms with Gasteiger partial charge in [-0.25, -0.2) is 4.39 Å². The topological polar surface area (TPSA) is 32.3 Å². The van der Waals surface area contributed by atoms with Gasteiger partial charge in [0.25, 0.3) is 0 Å². The fourth-order valence-electron chi connectivity index (χ4n) is 1.25. The number of aliphatic hydroxyl groups is 1. The molecule has 0 spiro atoms. The number of hydrogen-bond acceptors (Lipinski definition) is 2. The van der Waals surface area contributed by atoms with Crippen molar-refractivity contribution in [3.05, 3.63) is 34.1 Å². The van der Waals surface area contributed by atoms with E-state index < -0.39 is 6.10 Å². The molecular weight excluding hydrogens is 261 g/mol. The van der Waals surface area contributed by atoms with E-state index in [4.69, 9.17) is 0 Å². The number of nitrogens with one attached hydrogen (secondary N) is 1. The quantitative estimate of drug-likeness (QED) is 0.810. The first-order valence-corrected chi connectivity index (χ1v) is 5.78. The van der Waals surface area contributed by atoms with Gasteiger partial charge in [0.2, 0.25) is 0 Å². The number of halogens is 2. The molecule has 0 aromatic heterocycles. The molecule has 1 aromatic rings. The third-order valence-corrected chi connectivity index (χ3v) is 2.74. The second-order valence-electron chi connectivity index (χ2n) is 3.39. The number of aliphatic hydroxyl groups excluding tert-OH is 1. The summed E-state index contributed by atoms with van der Waals surface area (Å²) in [5.74, 6) is -0.345. The second-order valence-corrected chi connectivity index (χ2v) is 4.25. The zero-order chi connectivity index (χ0) is 11.3. The normalized spacial score (nSPS) is 12.8. The summed E-state index contributed by atoms with van der Waals surface area (Å²) in [4.78, 5) is 0. The Labute approximate surface area is 97.6 Å². The van der Waals surface area contributed by atoms with Gasteiger partial charge < -0.3 is 10.4 Å². The predicted molar refractivity (Wildman–Crippen MR) is 62.2 cm³/mol. The lowest BCUT2D eigenvalue weighted by Crippen LogP contribution is -2.22. The minimum Gasteiger partial charge on any atom is -0.387 e. The molecule has 1 atom stereocenters. The fourth-order valence-corrected chi connectivity index (χ4v) is 1.50. The molecule has 4 heteroatoms. The monoisotopic (exact) mass is 275 g/mol. The molecule has 1 unspecified atom stereocenters. The van der Waals surface area contributed by atoms with Crippen LogP contribution in [-0.2, 0) is 0 Å². The van der Waals surface area contributed by atoms with Crippen molar-refractivity contribution in [2.24, 2.45) is 0 Å². The molecule has 0 amide bonds. The molecule has 84 valence electrons. The lowest BCUT2D eigenvalue weighted by molar-refractivity contribution is 0.174. The largest absolute Gasteiger partial charge is 0.387 e. The Kier molecular flexibility index (Phi) is 5.22. The summed E-state index contributed by atoms with van der Waals surface area (Å²) in [6, 6.07) is 4.67. The van der Waals surface area contributed by atoms with Gasteiger partial charge >= 0.3 is 0 Å². The van der Waals surface area contributed by atoms with E-state index in [1.54, 1.807) is 12.1 Å². The van der Waals surface area contributed by atoms with E-state index in [1.165, 1.54) is 6.07 Å². The van der Waals surface area contributed by atoms with Gasteiger partial charge in [-0.05, 0) is 46.6 Å². The average molecular weight is 276 g/mol. The predicted octanol–water partition coefficient (Wildman–Crippen LogP) is 2.62. The SMILES string of the molecule is CCCNCC(O)c1ccc(Br)c(F)c1. The molecule has 15 heavy (non-hydrogen) atoms. The molecule has 0 aliphatic heterocycles. The molecule has 2 N–H and O–H groups in total. The van der Waals surface area contributed by atoms with Crippen LogP contribution in [0.15, 0.2) is 22.7 Å². The molecule has 2 nitrogen and oxygen atoms in total. The van der Waals surface area contributed by atoms with Crippen LogP contribution in [0.3, 0.4) is 0 Å². The van der Waals surface area contributed by atoms with Gasteiger partial charge in [-0.15, -0.1) is 0 Å². The van der Waals surface area contributed by atoms with Gasteiger partial charge in [-0.2, -0.15) is 0 Å². The van der Waals surface area contributed by atoms with Gasteiger partial charge in [0, 0.05) is 6.54 Å². The van der Waals surface area contributed by atoms with Gasteiger partial charge in [0.05, 0.1) is 10.6 Å². The Bertz CT molecular complexity index is 319. The summed E-state index contributed by atoms with van der Waals surface area (Å²) >= 11 is 3.07. The molecule has 0 saturated carbocycles. The van der Waals surface area contributed by atoms with E-state index >= 15 is 0 Å². The first-order chi connectivity index (χ1) is 7.15. The minimum absolute atomic E-state index is 0.345. The van der Waals surface area contributed by atoms with Crippen molar-refractivity contribution in [2.45, 2.75) is 19.4 Å². The molecule has 0 heterocycles. The van der Waals surface area contributed by atoms with E-state index in [0.717, 1.165) is 13.0 Å². The van der Waals surface area contributed by atoms with Crippen molar-refractivity contribution in [3.63, 3.8) is 0 Å². The van der Waals surface area contributed by atoms with Crippen molar-refractivity contribution in [1.29, 1.82) is 0 Å². The van der Waals surface area contributed by atoms with Crippen LogP contribution in [-0.4, -0.2) is 18.2 Å². The second kappa shape index (κ2) is 6.20. The number of hydrogen-bond donors (Lipinski definition) is 2. The highest BCUT2D eigenvalue weighted by molar-refractivity contribution is 9.10. The minimum atomic E-state index is -0.654. The Hall–Kier alpha value is -0.450. The number of benzene rings is 1. The van der Waals surface area contributed by atoms with Crippen LogP contribution in [0.25, 0.3) is 0 Å². The first-order valence-electron chi connectivity index (χ1n) is 4.99. The fraction of sp³-hybridized carbons (Fsp3) is 0.455. The Balaban J connectivity index is 2.57. The summed E-state index contributed by atoms with van der Waals surface area (Å²) in [5, 5.41) is 12.8. The molecule has 1 aromatic carbocycles. The highest BCUT2D eigenvalue weighted by Crippen LogP contribution is 2.20. The van der Waals surface area contributed by atoms with Crippen LogP contribution in [0.4, 0.5) is 4.39 Å². The summed E-state index contributed by atoms with van der Waals surface area (Å²) in [6.45, 7) is 3.36. The smallest absolute Gasteiger partial charge is 0.137 e. The molecule has 0 aliphatic rings. The lowest BCUT2D eigenvalue weighted by atomic mass is 10.1. The Morgan fingerprint density at radius 2 is 2.27 bits per heavy atom. The van der Waals surface area contributed by atoms with Crippen LogP contribution in [0.1, 0.15) is 25.0 Å². The Morgan fingerprint density at radius 1 is 1.53 bits per heavy atom. The molecule has 0 bridgehead atoms. The van der Waals surface area contributed by atoms with Crippen LogP contribution in [0.2, 0.25) is 0 Å². The standard InChI is InChI=1S/C11H15BrFNO/c1-2-5-14-7-11(15)8-3-4-9(12)10(13)6-8/h3-4,6,11,14-15H,2,5,7H2,1H3. The van der Waals surface area contributed by atoms with Crippen LogP contribution >= 0.6 is 15.9 Å². The summed E-state index contributed by atoms with van der Waals surface area (Å²) in [7, 11) is 0. The van der Waals surface area contributed by atoms with Crippen LogP contribution < -0.4 is 5.32 Å². The van der Waals surface area contributed by atoms with Crippen molar-refractivity contribution in [3.8, 4) is 0 Å². The summed E-state index contributed by atoms with van der Waals surface area (Å²) < 4.78 is 13.6. The lowest BCUT2D eigenvalue weighted by Gasteiger charge is -2.12. The van der Waals surface area contributed by atoms with E-state index in [2.05, 4.69) is 28.2 Å². The van der Waals surface area contributed by atoms with Crippen LogP contribution in [0, 0.1) is 5.82 Å². The third-order valence-electron chi connectivity index (χ3n) is 2.09.